The van der Waals surface area contributed by atoms with Crippen molar-refractivity contribution in [3.63, 3.8) is 0 Å². The molecule has 3 N–H and O–H groups in total. The summed E-state index contributed by atoms with van der Waals surface area (Å²) in [5, 5.41) is 26.1. The third-order valence-electron chi connectivity index (χ3n) is 5.67. The molecule has 33 heavy (non-hydrogen) atoms. The molecule has 0 atom stereocenters. The molecule has 3 aromatic rings. The molecule has 174 valence electrons. The predicted molar refractivity (Wildman–Crippen MR) is 112 cm³/mol. The summed E-state index contributed by atoms with van der Waals surface area (Å²) in [6.45, 7) is -0.201. The zero-order chi connectivity index (χ0) is 23.6. The monoisotopic (exact) mass is 458 g/mol. The summed E-state index contributed by atoms with van der Waals surface area (Å²) in [6, 6.07) is 3.98. The summed E-state index contributed by atoms with van der Waals surface area (Å²) < 4.78 is 22.1. The molecule has 0 saturated heterocycles. The van der Waals surface area contributed by atoms with Crippen LogP contribution in [0, 0.1) is 5.82 Å². The molecule has 12 heteroatoms. The molecule has 2 heterocycles. The van der Waals surface area contributed by atoms with E-state index in [2.05, 4.69) is 20.4 Å². The van der Waals surface area contributed by atoms with Crippen molar-refractivity contribution in [3.8, 4) is 11.4 Å². The lowest BCUT2D eigenvalue weighted by Gasteiger charge is -2.41. The van der Waals surface area contributed by atoms with Gasteiger partial charge in [-0.1, -0.05) is 6.07 Å². The zero-order valence-electron chi connectivity index (χ0n) is 17.9. The normalized spacial score (nSPS) is 14.6. The maximum absolute atomic E-state index is 13.8. The topological polar surface area (TPSA) is 144 Å². The van der Waals surface area contributed by atoms with Crippen molar-refractivity contribution in [2.75, 3.05) is 13.2 Å². The van der Waals surface area contributed by atoms with Crippen LogP contribution < -0.4 is 10.9 Å². The third kappa shape index (κ3) is 4.22. The van der Waals surface area contributed by atoms with Crippen molar-refractivity contribution in [2.45, 2.75) is 31.4 Å². The van der Waals surface area contributed by atoms with Gasteiger partial charge in [0, 0.05) is 13.6 Å². The minimum absolute atomic E-state index is 0.0495. The summed E-state index contributed by atoms with van der Waals surface area (Å²) in [6.07, 6.45) is 4.65. The number of carbonyl (C=O) groups is 1. The number of aromatic hydroxyl groups is 1. The van der Waals surface area contributed by atoms with Crippen LogP contribution in [-0.2, 0) is 23.9 Å². The SMILES string of the molecule is Cn1c(C2(OCCO)CCC2)nc(C(=O)NCc2ccc(F)cc2-n2cncn2)c(O)c1=O. The number of ether oxygens (including phenoxy) is 1. The van der Waals surface area contributed by atoms with Crippen LogP contribution in [0.2, 0.25) is 0 Å². The molecule has 1 aliphatic rings. The van der Waals surface area contributed by atoms with E-state index in [1.165, 1.54) is 42.6 Å². The Labute approximate surface area is 187 Å². The Kier molecular flexibility index (Phi) is 6.20. The average molecular weight is 458 g/mol. The van der Waals surface area contributed by atoms with Crippen LogP contribution in [0.25, 0.3) is 5.69 Å². The van der Waals surface area contributed by atoms with Gasteiger partial charge in [-0.15, -0.1) is 0 Å². The van der Waals surface area contributed by atoms with Gasteiger partial charge in [-0.05, 0) is 37.0 Å². The maximum atomic E-state index is 13.8. The van der Waals surface area contributed by atoms with Crippen molar-refractivity contribution < 1.29 is 24.1 Å². The first-order valence-corrected chi connectivity index (χ1v) is 10.3. The van der Waals surface area contributed by atoms with E-state index in [1.807, 2.05) is 0 Å². The number of hydrogen-bond donors (Lipinski definition) is 3. The van der Waals surface area contributed by atoms with Crippen molar-refractivity contribution in [3.05, 3.63) is 64.1 Å². The second-order valence-electron chi connectivity index (χ2n) is 7.71. The Bertz CT molecular complexity index is 1220. The van der Waals surface area contributed by atoms with Crippen molar-refractivity contribution in [1.82, 2.24) is 29.6 Å². The van der Waals surface area contributed by atoms with Crippen LogP contribution in [0.15, 0.2) is 35.6 Å². The van der Waals surface area contributed by atoms with E-state index in [1.54, 1.807) is 0 Å². The molecule has 1 saturated carbocycles. The summed E-state index contributed by atoms with van der Waals surface area (Å²) >= 11 is 0. The minimum Gasteiger partial charge on any atom is -0.501 e. The van der Waals surface area contributed by atoms with Crippen LogP contribution >= 0.6 is 0 Å². The van der Waals surface area contributed by atoms with Gasteiger partial charge in [0.15, 0.2) is 5.69 Å². The summed E-state index contributed by atoms with van der Waals surface area (Å²) in [5.41, 5.74) is -1.22. The Morgan fingerprint density at radius 2 is 2.15 bits per heavy atom. The number of nitrogens with one attached hydrogen (secondary N) is 1. The number of rotatable bonds is 8. The Morgan fingerprint density at radius 3 is 2.79 bits per heavy atom. The number of aliphatic hydroxyl groups is 1. The predicted octanol–water partition coefficient (Wildman–Crippen LogP) is 0.524. The molecule has 0 unspecified atom stereocenters. The van der Waals surface area contributed by atoms with Gasteiger partial charge in [0.2, 0.25) is 5.75 Å². The lowest BCUT2D eigenvalue weighted by atomic mass is 9.79. The molecule has 0 aliphatic heterocycles. The van der Waals surface area contributed by atoms with Gasteiger partial charge in [0.1, 0.15) is 29.9 Å². The molecule has 0 bridgehead atoms. The van der Waals surface area contributed by atoms with Gasteiger partial charge >= 0.3 is 0 Å². The van der Waals surface area contributed by atoms with Gasteiger partial charge < -0.3 is 20.3 Å². The Balaban J connectivity index is 1.62. The number of aliphatic hydroxyl groups excluding tert-OH is 1. The second kappa shape index (κ2) is 9.08. The number of nitrogens with zero attached hydrogens (tertiary/aromatic N) is 5. The number of carbonyl (C=O) groups excluding carboxylic acids is 1. The molecule has 11 nitrogen and oxygen atoms in total. The molecule has 0 radical (unpaired) electrons. The first-order chi connectivity index (χ1) is 15.9. The van der Waals surface area contributed by atoms with Gasteiger partial charge in [-0.2, -0.15) is 5.10 Å². The highest BCUT2D eigenvalue weighted by Crippen LogP contribution is 2.43. The van der Waals surface area contributed by atoms with Gasteiger partial charge in [0.05, 0.1) is 18.9 Å². The van der Waals surface area contributed by atoms with Crippen molar-refractivity contribution >= 4 is 5.91 Å². The van der Waals surface area contributed by atoms with E-state index in [-0.39, 0.29) is 25.6 Å². The van der Waals surface area contributed by atoms with Crippen LogP contribution in [0.5, 0.6) is 5.75 Å². The van der Waals surface area contributed by atoms with Crippen LogP contribution in [0.1, 0.15) is 41.1 Å². The van der Waals surface area contributed by atoms with Crippen molar-refractivity contribution in [1.29, 1.82) is 0 Å². The van der Waals surface area contributed by atoms with Gasteiger partial charge in [0.25, 0.3) is 11.5 Å². The molecule has 2 aromatic heterocycles. The Hall–Kier alpha value is -3.64. The average Bonchev–Trinajstić information content (AvgIpc) is 3.31. The molecule has 1 aromatic carbocycles. The molecule has 1 fully saturated rings. The largest absolute Gasteiger partial charge is 0.501 e. The highest BCUT2D eigenvalue weighted by molar-refractivity contribution is 5.94. The van der Waals surface area contributed by atoms with E-state index in [4.69, 9.17) is 9.84 Å². The second-order valence-corrected chi connectivity index (χ2v) is 7.71. The summed E-state index contributed by atoms with van der Waals surface area (Å²) in [7, 11) is 1.44. The first-order valence-electron chi connectivity index (χ1n) is 10.3. The van der Waals surface area contributed by atoms with E-state index in [9.17, 15) is 19.1 Å². The minimum atomic E-state index is -0.906. The van der Waals surface area contributed by atoms with Gasteiger partial charge in [-0.3, -0.25) is 14.2 Å². The van der Waals surface area contributed by atoms with E-state index in [0.717, 1.165) is 11.0 Å². The third-order valence-corrected chi connectivity index (χ3v) is 5.67. The smallest absolute Gasteiger partial charge is 0.296 e. The molecule has 4 rings (SSSR count). The Morgan fingerprint density at radius 1 is 1.36 bits per heavy atom. The van der Waals surface area contributed by atoms with E-state index < -0.39 is 34.3 Å². The fourth-order valence-corrected chi connectivity index (χ4v) is 3.82. The first kappa shape index (κ1) is 22.6. The molecular formula is C21H23FN6O5. The molecule has 1 aliphatic carbocycles. The summed E-state index contributed by atoms with van der Waals surface area (Å²) in [4.78, 5) is 33.6. The number of halogens is 1. The molecule has 0 spiro atoms. The van der Waals surface area contributed by atoms with E-state index in [0.29, 0.717) is 24.1 Å². The molecule has 1 amide bonds. The highest BCUT2D eigenvalue weighted by Gasteiger charge is 2.44. The standard InChI is InChI=1S/C21H23FN6O5/c1-27-19(32)17(30)16(26-20(27)21(5-2-6-21)33-8-7-29)18(31)24-10-13-3-4-14(22)9-15(13)28-12-23-11-25-28/h3-4,9,11-12,29-30H,2,5-8,10H2,1H3,(H,24,31). The van der Waals surface area contributed by atoms with Gasteiger partial charge in [-0.25, -0.2) is 19.0 Å². The fourth-order valence-electron chi connectivity index (χ4n) is 3.82. The van der Waals surface area contributed by atoms with Crippen LogP contribution in [0.3, 0.4) is 0 Å². The summed E-state index contributed by atoms with van der Waals surface area (Å²) in [5.74, 6) is -1.84. The van der Waals surface area contributed by atoms with Crippen LogP contribution in [0.4, 0.5) is 4.39 Å². The number of benzene rings is 1. The number of hydrogen-bond acceptors (Lipinski definition) is 8. The zero-order valence-corrected chi connectivity index (χ0v) is 17.9. The molecular weight excluding hydrogens is 435 g/mol. The fraction of sp³-hybridized carbons (Fsp3) is 0.381. The quantitative estimate of drug-likeness (QED) is 0.443. The van der Waals surface area contributed by atoms with Crippen LogP contribution in [-0.4, -0.2) is 53.6 Å². The van der Waals surface area contributed by atoms with Crippen molar-refractivity contribution in [2.24, 2.45) is 7.05 Å². The maximum Gasteiger partial charge on any atom is 0.296 e. The number of amides is 1. The van der Waals surface area contributed by atoms with E-state index >= 15 is 0 Å². The lowest BCUT2D eigenvalue weighted by molar-refractivity contribution is -0.122. The lowest BCUT2D eigenvalue weighted by Crippen LogP contribution is -2.44. The highest BCUT2D eigenvalue weighted by atomic mass is 19.1. The number of aromatic nitrogens is 5.